The fourth-order valence-corrected chi connectivity index (χ4v) is 2.58. The van der Waals surface area contributed by atoms with E-state index < -0.39 is 0 Å². The molecule has 18 heavy (non-hydrogen) atoms. The van der Waals surface area contributed by atoms with Crippen molar-refractivity contribution in [1.82, 2.24) is 4.98 Å². The van der Waals surface area contributed by atoms with E-state index in [2.05, 4.69) is 55.4 Å². The SMILES string of the molecule is Brc1ccc2c(c1)NCCN2Cc1ccccn1. The van der Waals surface area contributed by atoms with E-state index in [0.717, 1.165) is 29.8 Å². The second-order valence-corrected chi connectivity index (χ2v) is 5.25. The third-order valence-electron chi connectivity index (χ3n) is 3.08. The molecule has 0 fully saturated rings. The number of rotatable bonds is 2. The number of hydrogen-bond acceptors (Lipinski definition) is 3. The molecular formula is C14H14BrN3. The number of nitrogens with zero attached hydrogens (tertiary/aromatic N) is 2. The number of nitrogens with one attached hydrogen (secondary N) is 1. The minimum atomic E-state index is 0.858. The van der Waals surface area contributed by atoms with Crippen molar-refractivity contribution in [2.75, 3.05) is 23.3 Å². The normalized spacial score (nSPS) is 13.9. The van der Waals surface area contributed by atoms with Crippen molar-refractivity contribution in [3.05, 3.63) is 52.8 Å². The van der Waals surface area contributed by atoms with Gasteiger partial charge in [-0.2, -0.15) is 0 Å². The summed E-state index contributed by atoms with van der Waals surface area (Å²) in [5.74, 6) is 0. The van der Waals surface area contributed by atoms with Gasteiger partial charge in [0.2, 0.25) is 0 Å². The number of aromatic nitrogens is 1. The molecule has 1 aromatic heterocycles. The standard InChI is InChI=1S/C14H14BrN3/c15-11-4-5-14-13(9-11)17-7-8-18(14)10-12-3-1-2-6-16-12/h1-6,9,17H,7-8,10H2. The summed E-state index contributed by atoms with van der Waals surface area (Å²) < 4.78 is 1.11. The largest absolute Gasteiger partial charge is 0.382 e. The monoisotopic (exact) mass is 303 g/mol. The average Bonchev–Trinajstić information content (AvgIpc) is 2.40. The van der Waals surface area contributed by atoms with Crippen LogP contribution in [0.2, 0.25) is 0 Å². The molecule has 0 spiro atoms. The fourth-order valence-electron chi connectivity index (χ4n) is 2.22. The number of halogens is 1. The molecule has 0 saturated carbocycles. The molecule has 1 aliphatic heterocycles. The first kappa shape index (κ1) is 11.5. The Morgan fingerprint density at radius 1 is 1.28 bits per heavy atom. The van der Waals surface area contributed by atoms with Crippen molar-refractivity contribution >= 4 is 27.3 Å². The molecule has 0 bridgehead atoms. The number of fused-ring (bicyclic) bond motifs is 1. The maximum Gasteiger partial charge on any atom is 0.0607 e. The average molecular weight is 304 g/mol. The smallest absolute Gasteiger partial charge is 0.0607 e. The fraction of sp³-hybridized carbons (Fsp3) is 0.214. The molecule has 0 amide bonds. The van der Waals surface area contributed by atoms with Gasteiger partial charge in [-0.3, -0.25) is 4.98 Å². The number of anilines is 2. The van der Waals surface area contributed by atoms with Gasteiger partial charge in [0, 0.05) is 23.8 Å². The summed E-state index contributed by atoms with van der Waals surface area (Å²) in [5, 5.41) is 3.43. The summed E-state index contributed by atoms with van der Waals surface area (Å²) >= 11 is 3.51. The lowest BCUT2D eigenvalue weighted by Gasteiger charge is -2.32. The van der Waals surface area contributed by atoms with Gasteiger partial charge >= 0.3 is 0 Å². The van der Waals surface area contributed by atoms with Crippen LogP contribution < -0.4 is 10.2 Å². The van der Waals surface area contributed by atoms with Crippen LogP contribution in [0, 0.1) is 0 Å². The van der Waals surface area contributed by atoms with Gasteiger partial charge in [0.05, 0.1) is 23.6 Å². The maximum absolute atomic E-state index is 4.39. The minimum Gasteiger partial charge on any atom is -0.382 e. The Bertz CT molecular complexity index is 542. The predicted octanol–water partition coefficient (Wildman–Crippen LogP) is 3.28. The number of benzene rings is 1. The lowest BCUT2D eigenvalue weighted by atomic mass is 10.2. The maximum atomic E-state index is 4.39. The van der Waals surface area contributed by atoms with Crippen LogP contribution in [0.4, 0.5) is 11.4 Å². The molecule has 1 aromatic carbocycles. The Kier molecular flexibility index (Phi) is 3.19. The van der Waals surface area contributed by atoms with E-state index in [4.69, 9.17) is 0 Å². The molecule has 0 unspecified atom stereocenters. The molecule has 92 valence electrons. The molecule has 0 saturated heterocycles. The quantitative estimate of drug-likeness (QED) is 0.923. The molecule has 3 rings (SSSR count). The van der Waals surface area contributed by atoms with Gasteiger partial charge in [-0.05, 0) is 30.3 Å². The highest BCUT2D eigenvalue weighted by atomic mass is 79.9. The van der Waals surface area contributed by atoms with Crippen LogP contribution in [-0.2, 0) is 6.54 Å². The summed E-state index contributed by atoms with van der Waals surface area (Å²) in [4.78, 5) is 6.75. The van der Waals surface area contributed by atoms with Gasteiger partial charge in [0.15, 0.2) is 0 Å². The highest BCUT2D eigenvalue weighted by Gasteiger charge is 2.16. The van der Waals surface area contributed by atoms with Crippen LogP contribution >= 0.6 is 15.9 Å². The van der Waals surface area contributed by atoms with E-state index in [1.807, 2.05) is 18.3 Å². The van der Waals surface area contributed by atoms with Gasteiger partial charge in [0.1, 0.15) is 0 Å². The van der Waals surface area contributed by atoms with Crippen molar-refractivity contribution in [2.24, 2.45) is 0 Å². The summed E-state index contributed by atoms with van der Waals surface area (Å²) in [6, 6.07) is 12.4. The van der Waals surface area contributed by atoms with Gasteiger partial charge in [-0.1, -0.05) is 22.0 Å². The molecule has 2 heterocycles. The molecule has 2 aromatic rings. The summed E-state index contributed by atoms with van der Waals surface area (Å²) in [6.07, 6.45) is 1.85. The molecular weight excluding hydrogens is 290 g/mol. The van der Waals surface area contributed by atoms with Crippen molar-refractivity contribution < 1.29 is 0 Å². The van der Waals surface area contributed by atoms with Crippen molar-refractivity contribution in [1.29, 1.82) is 0 Å². The van der Waals surface area contributed by atoms with E-state index in [1.54, 1.807) is 0 Å². The van der Waals surface area contributed by atoms with Gasteiger partial charge < -0.3 is 10.2 Å². The van der Waals surface area contributed by atoms with Crippen LogP contribution in [0.15, 0.2) is 47.1 Å². The van der Waals surface area contributed by atoms with Crippen molar-refractivity contribution in [2.45, 2.75) is 6.54 Å². The lowest BCUT2D eigenvalue weighted by molar-refractivity contribution is 0.771. The Morgan fingerprint density at radius 3 is 3.06 bits per heavy atom. The van der Waals surface area contributed by atoms with Crippen LogP contribution in [0.3, 0.4) is 0 Å². The third kappa shape index (κ3) is 2.34. The van der Waals surface area contributed by atoms with Crippen LogP contribution in [0.5, 0.6) is 0 Å². The van der Waals surface area contributed by atoms with Crippen LogP contribution in [0.1, 0.15) is 5.69 Å². The van der Waals surface area contributed by atoms with Gasteiger partial charge in [-0.15, -0.1) is 0 Å². The van der Waals surface area contributed by atoms with Crippen molar-refractivity contribution in [3.8, 4) is 0 Å². The first-order valence-electron chi connectivity index (χ1n) is 6.01. The third-order valence-corrected chi connectivity index (χ3v) is 3.57. The molecule has 0 aliphatic carbocycles. The topological polar surface area (TPSA) is 28.2 Å². The lowest BCUT2D eigenvalue weighted by Crippen LogP contribution is -2.33. The predicted molar refractivity (Wildman–Crippen MR) is 77.9 cm³/mol. The second-order valence-electron chi connectivity index (χ2n) is 4.33. The Balaban J connectivity index is 1.87. The summed E-state index contributed by atoms with van der Waals surface area (Å²) in [7, 11) is 0. The number of hydrogen-bond donors (Lipinski definition) is 1. The molecule has 0 atom stereocenters. The summed E-state index contributed by atoms with van der Waals surface area (Å²) in [6.45, 7) is 2.83. The zero-order valence-electron chi connectivity index (χ0n) is 9.94. The molecule has 3 nitrogen and oxygen atoms in total. The summed E-state index contributed by atoms with van der Waals surface area (Å²) in [5.41, 5.74) is 3.54. The second kappa shape index (κ2) is 4.98. The van der Waals surface area contributed by atoms with E-state index >= 15 is 0 Å². The molecule has 1 N–H and O–H groups in total. The Morgan fingerprint density at radius 2 is 2.22 bits per heavy atom. The zero-order valence-corrected chi connectivity index (χ0v) is 11.5. The highest BCUT2D eigenvalue weighted by molar-refractivity contribution is 9.10. The van der Waals surface area contributed by atoms with Gasteiger partial charge in [0.25, 0.3) is 0 Å². The molecule has 4 heteroatoms. The van der Waals surface area contributed by atoms with E-state index in [1.165, 1.54) is 11.4 Å². The van der Waals surface area contributed by atoms with E-state index in [9.17, 15) is 0 Å². The van der Waals surface area contributed by atoms with E-state index in [0.29, 0.717) is 0 Å². The molecule has 0 radical (unpaired) electrons. The van der Waals surface area contributed by atoms with Crippen LogP contribution in [-0.4, -0.2) is 18.1 Å². The number of pyridine rings is 1. The molecule has 1 aliphatic rings. The minimum absolute atomic E-state index is 0.858. The van der Waals surface area contributed by atoms with Gasteiger partial charge in [-0.25, -0.2) is 0 Å². The van der Waals surface area contributed by atoms with Crippen LogP contribution in [0.25, 0.3) is 0 Å². The first-order chi connectivity index (χ1) is 8.83. The Labute approximate surface area is 115 Å². The zero-order chi connectivity index (χ0) is 12.4. The highest BCUT2D eigenvalue weighted by Crippen LogP contribution is 2.32. The van der Waals surface area contributed by atoms with E-state index in [-0.39, 0.29) is 0 Å². The Hall–Kier alpha value is -1.55. The van der Waals surface area contributed by atoms with Crippen molar-refractivity contribution in [3.63, 3.8) is 0 Å². The first-order valence-corrected chi connectivity index (χ1v) is 6.80.